The van der Waals surface area contributed by atoms with Crippen molar-refractivity contribution in [3.05, 3.63) is 48.4 Å². The Hall–Kier alpha value is -2.80. The minimum absolute atomic E-state index is 0.595. The van der Waals surface area contributed by atoms with Gasteiger partial charge in [-0.25, -0.2) is 9.97 Å². The number of nitrogens with one attached hydrogen (secondary N) is 1. The first-order valence-electron chi connectivity index (χ1n) is 7.81. The predicted molar refractivity (Wildman–Crippen MR) is 92.0 cm³/mol. The van der Waals surface area contributed by atoms with Crippen molar-refractivity contribution in [2.45, 2.75) is 19.9 Å². The van der Waals surface area contributed by atoms with Gasteiger partial charge in [-0.3, -0.25) is 9.67 Å². The molecule has 3 aromatic rings. The van der Waals surface area contributed by atoms with Crippen LogP contribution in [0, 0.1) is 6.92 Å². The van der Waals surface area contributed by atoms with Crippen molar-refractivity contribution in [1.82, 2.24) is 24.7 Å². The maximum Gasteiger partial charge on any atom is 0.180 e. The molecule has 124 valence electrons. The second-order valence-corrected chi connectivity index (χ2v) is 5.37. The maximum atomic E-state index is 5.05. The first-order chi connectivity index (χ1) is 11.7. The van der Waals surface area contributed by atoms with E-state index < -0.39 is 0 Å². The molecule has 1 N–H and O–H groups in total. The van der Waals surface area contributed by atoms with Crippen LogP contribution in [0.25, 0.3) is 11.5 Å². The van der Waals surface area contributed by atoms with E-state index in [2.05, 4.69) is 25.4 Å². The summed E-state index contributed by atoms with van der Waals surface area (Å²) in [6.45, 7) is 3.47. The van der Waals surface area contributed by atoms with Gasteiger partial charge >= 0.3 is 0 Å². The Balaban J connectivity index is 1.74. The molecule has 0 fully saturated rings. The number of ether oxygens (including phenoxy) is 1. The topological polar surface area (TPSA) is 77.8 Å². The number of aromatic nitrogens is 5. The third-order valence-corrected chi connectivity index (χ3v) is 3.38. The Kier molecular flexibility index (Phi) is 5.12. The van der Waals surface area contributed by atoms with Gasteiger partial charge in [0, 0.05) is 50.5 Å². The molecular formula is C17H20N6O. The highest BCUT2D eigenvalue weighted by Crippen LogP contribution is 2.18. The van der Waals surface area contributed by atoms with Gasteiger partial charge in [-0.05, 0) is 25.5 Å². The lowest BCUT2D eigenvalue weighted by molar-refractivity contribution is 0.189. The molecule has 0 radical (unpaired) electrons. The highest BCUT2D eigenvalue weighted by molar-refractivity contribution is 5.57. The summed E-state index contributed by atoms with van der Waals surface area (Å²) in [6, 6.07) is 9.49. The normalized spacial score (nSPS) is 10.8. The molecule has 0 amide bonds. The van der Waals surface area contributed by atoms with Gasteiger partial charge in [-0.15, -0.1) is 0 Å². The lowest BCUT2D eigenvalue weighted by atomic mass is 10.3. The van der Waals surface area contributed by atoms with E-state index in [1.54, 1.807) is 13.3 Å². The summed E-state index contributed by atoms with van der Waals surface area (Å²) in [4.78, 5) is 13.3. The smallest absolute Gasteiger partial charge is 0.180 e. The molecule has 0 spiro atoms. The summed E-state index contributed by atoms with van der Waals surface area (Å²) in [5.41, 5.74) is 1.61. The van der Waals surface area contributed by atoms with E-state index in [0.29, 0.717) is 11.6 Å². The number of methoxy groups -OCH3 is 1. The molecule has 3 aromatic heterocycles. The predicted octanol–water partition coefficient (Wildman–Crippen LogP) is 2.82. The van der Waals surface area contributed by atoms with Gasteiger partial charge in [-0.1, -0.05) is 6.07 Å². The molecule has 3 rings (SSSR count). The Labute approximate surface area is 140 Å². The molecule has 24 heavy (non-hydrogen) atoms. The third kappa shape index (κ3) is 4.14. The van der Waals surface area contributed by atoms with Gasteiger partial charge in [0.1, 0.15) is 11.5 Å². The summed E-state index contributed by atoms with van der Waals surface area (Å²) in [7, 11) is 1.70. The molecule has 7 heteroatoms. The number of rotatable bonds is 7. The van der Waals surface area contributed by atoms with Gasteiger partial charge in [-0.2, -0.15) is 5.10 Å². The van der Waals surface area contributed by atoms with Gasteiger partial charge in [0.05, 0.1) is 0 Å². The van der Waals surface area contributed by atoms with Crippen molar-refractivity contribution in [3.63, 3.8) is 0 Å². The lowest BCUT2D eigenvalue weighted by Crippen LogP contribution is -2.04. The Morgan fingerprint density at radius 1 is 1.17 bits per heavy atom. The zero-order valence-electron chi connectivity index (χ0n) is 13.8. The second kappa shape index (κ2) is 7.65. The van der Waals surface area contributed by atoms with Crippen LogP contribution in [0.5, 0.6) is 0 Å². The van der Waals surface area contributed by atoms with Crippen molar-refractivity contribution in [3.8, 4) is 11.5 Å². The van der Waals surface area contributed by atoms with E-state index in [9.17, 15) is 0 Å². The summed E-state index contributed by atoms with van der Waals surface area (Å²) in [5.74, 6) is 2.04. The van der Waals surface area contributed by atoms with Gasteiger partial charge < -0.3 is 10.1 Å². The van der Waals surface area contributed by atoms with Crippen LogP contribution < -0.4 is 5.32 Å². The van der Waals surface area contributed by atoms with Crippen LogP contribution in [0.15, 0.2) is 42.7 Å². The van der Waals surface area contributed by atoms with E-state index in [1.807, 2.05) is 48.1 Å². The van der Waals surface area contributed by atoms with Gasteiger partial charge in [0.2, 0.25) is 0 Å². The number of aryl methyl sites for hydroxylation is 2. The van der Waals surface area contributed by atoms with Crippen molar-refractivity contribution in [2.75, 3.05) is 19.0 Å². The molecule has 3 heterocycles. The summed E-state index contributed by atoms with van der Waals surface area (Å²) < 4.78 is 6.94. The Morgan fingerprint density at radius 2 is 2.08 bits per heavy atom. The summed E-state index contributed by atoms with van der Waals surface area (Å²) in [6.07, 6.45) is 4.59. The second-order valence-electron chi connectivity index (χ2n) is 5.37. The molecule has 0 saturated heterocycles. The minimum atomic E-state index is 0.595. The first-order valence-corrected chi connectivity index (χ1v) is 7.81. The maximum absolute atomic E-state index is 5.05. The molecule has 7 nitrogen and oxygen atoms in total. The largest absolute Gasteiger partial charge is 0.385 e. The number of hydrogen-bond donors (Lipinski definition) is 1. The number of hydrogen-bond acceptors (Lipinski definition) is 6. The zero-order chi connectivity index (χ0) is 16.8. The fourth-order valence-electron chi connectivity index (χ4n) is 2.30. The van der Waals surface area contributed by atoms with Crippen LogP contribution in [-0.2, 0) is 11.3 Å². The minimum Gasteiger partial charge on any atom is -0.385 e. The molecule has 0 saturated carbocycles. The Morgan fingerprint density at radius 3 is 2.88 bits per heavy atom. The fourth-order valence-corrected chi connectivity index (χ4v) is 2.30. The quantitative estimate of drug-likeness (QED) is 0.673. The Bertz CT molecular complexity index is 787. The molecule has 0 aliphatic rings. The van der Waals surface area contributed by atoms with E-state index in [0.717, 1.165) is 36.8 Å². The van der Waals surface area contributed by atoms with Gasteiger partial charge in [0.25, 0.3) is 0 Å². The highest BCUT2D eigenvalue weighted by Gasteiger charge is 2.07. The van der Waals surface area contributed by atoms with E-state index in [1.165, 1.54) is 0 Å². The van der Waals surface area contributed by atoms with Crippen molar-refractivity contribution < 1.29 is 4.74 Å². The van der Waals surface area contributed by atoms with Crippen LogP contribution in [0.2, 0.25) is 0 Å². The van der Waals surface area contributed by atoms with E-state index in [-0.39, 0.29) is 0 Å². The van der Waals surface area contributed by atoms with E-state index >= 15 is 0 Å². The van der Waals surface area contributed by atoms with Crippen LogP contribution >= 0.6 is 0 Å². The van der Waals surface area contributed by atoms with Crippen LogP contribution in [0.3, 0.4) is 0 Å². The average molecular weight is 324 g/mol. The zero-order valence-corrected chi connectivity index (χ0v) is 13.8. The highest BCUT2D eigenvalue weighted by atomic mass is 16.5. The number of nitrogens with zero attached hydrogens (tertiary/aromatic N) is 5. The lowest BCUT2D eigenvalue weighted by Gasteiger charge is -2.06. The van der Waals surface area contributed by atoms with E-state index in [4.69, 9.17) is 4.74 Å². The molecule has 0 atom stereocenters. The number of pyridine rings is 1. The fraction of sp³-hybridized carbons (Fsp3) is 0.294. The molecule has 0 bridgehead atoms. The monoisotopic (exact) mass is 324 g/mol. The standard InChI is InChI=1S/C17H20N6O/c1-13-12-16(21-17(19-13)14-6-3-4-8-18-14)20-15-7-10-23(22-15)9-5-11-24-2/h3-4,6-8,10,12H,5,9,11H2,1-2H3,(H,19,20,21,22). The van der Waals surface area contributed by atoms with Gasteiger partial charge in [0.15, 0.2) is 11.6 Å². The summed E-state index contributed by atoms with van der Waals surface area (Å²) >= 11 is 0. The number of anilines is 2. The first kappa shape index (κ1) is 16.1. The van der Waals surface area contributed by atoms with Crippen LogP contribution in [0.1, 0.15) is 12.1 Å². The summed E-state index contributed by atoms with van der Waals surface area (Å²) in [5, 5.41) is 7.71. The molecule has 0 aliphatic heterocycles. The molecular weight excluding hydrogens is 304 g/mol. The molecule has 0 aliphatic carbocycles. The third-order valence-electron chi connectivity index (χ3n) is 3.38. The van der Waals surface area contributed by atoms with Crippen molar-refractivity contribution in [2.24, 2.45) is 0 Å². The van der Waals surface area contributed by atoms with Crippen molar-refractivity contribution in [1.29, 1.82) is 0 Å². The molecule has 0 unspecified atom stereocenters. The van der Waals surface area contributed by atoms with Crippen molar-refractivity contribution >= 4 is 11.6 Å². The van der Waals surface area contributed by atoms with Crippen LogP contribution in [-0.4, -0.2) is 38.4 Å². The molecule has 0 aromatic carbocycles. The van der Waals surface area contributed by atoms with Crippen LogP contribution in [0.4, 0.5) is 11.6 Å². The average Bonchev–Trinajstić information content (AvgIpc) is 3.03. The SMILES string of the molecule is COCCCn1ccc(Nc2cc(C)nc(-c3ccccn3)n2)n1.